The van der Waals surface area contributed by atoms with Crippen LogP contribution in [0.25, 0.3) is 0 Å². The third-order valence-electron chi connectivity index (χ3n) is 1.05. The maximum Gasteiger partial charge on any atom is 0.252 e. The lowest BCUT2D eigenvalue weighted by atomic mass is 10.3. The van der Waals surface area contributed by atoms with Gasteiger partial charge in [0.25, 0.3) is 5.69 Å². The van der Waals surface area contributed by atoms with E-state index in [1.54, 1.807) is 0 Å². The number of aliphatic hydroxyl groups is 1. The van der Waals surface area contributed by atoms with E-state index in [4.69, 9.17) is 10.3 Å². The van der Waals surface area contributed by atoms with Crippen LogP contribution in [0.15, 0.2) is 9.78 Å². The molecule has 0 aliphatic carbocycles. The summed E-state index contributed by atoms with van der Waals surface area (Å²) in [6, 6.07) is 0. The van der Waals surface area contributed by atoms with Crippen molar-refractivity contribution in [2.75, 3.05) is 0 Å². The van der Waals surface area contributed by atoms with Crippen molar-refractivity contribution in [2.24, 2.45) is 5.16 Å². The predicted molar refractivity (Wildman–Crippen MR) is 30.8 cm³/mol. The normalized spacial score (nSPS) is 11.0. The van der Waals surface area contributed by atoms with Crippen molar-refractivity contribution < 1.29 is 19.8 Å². The van der Waals surface area contributed by atoms with E-state index in [0.29, 0.717) is 0 Å². The summed E-state index contributed by atoms with van der Waals surface area (Å²) in [4.78, 5) is 0.0330. The highest BCUT2D eigenvalue weighted by atomic mass is 16.8. The lowest BCUT2D eigenvalue weighted by Gasteiger charge is -1.85. The van der Waals surface area contributed by atoms with Gasteiger partial charge in [-0.2, -0.15) is 0 Å². The molecule has 1 heterocycles. The minimum Gasteiger partial charge on any atom is -0.411 e. The minimum atomic E-state index is -0.444. The molecule has 1 aromatic rings. The highest BCUT2D eigenvalue weighted by Gasteiger charge is 2.15. The zero-order chi connectivity index (χ0) is 8.27. The Bertz CT molecular complexity index is 268. The lowest BCUT2D eigenvalue weighted by molar-refractivity contribution is -0.803. The van der Waals surface area contributed by atoms with Crippen molar-refractivity contribution in [2.45, 2.75) is 6.61 Å². The summed E-state index contributed by atoms with van der Waals surface area (Å²) in [7, 11) is 0. The fourth-order valence-electron chi connectivity index (χ4n) is 0.569. The van der Waals surface area contributed by atoms with Crippen molar-refractivity contribution in [3.63, 3.8) is 0 Å². The number of nitrogens with zero attached hydrogens (tertiary/aromatic N) is 3. The molecular formula is C4H5N3O4. The average Bonchev–Trinajstić information content (AvgIpc) is 2.34. The topological polar surface area (TPSA) is 106 Å². The third-order valence-corrected chi connectivity index (χ3v) is 1.05. The fourth-order valence-corrected chi connectivity index (χ4v) is 0.569. The standard InChI is InChI=1S/C4H5N3O4/c8-2-3-4(1-5-9)7(10)11-6-3/h1,8-9H,2H2/b5-1+. The van der Waals surface area contributed by atoms with Crippen LogP contribution in [-0.4, -0.2) is 21.7 Å². The number of aromatic nitrogens is 2. The Balaban J connectivity index is 3.07. The summed E-state index contributed by atoms with van der Waals surface area (Å²) in [5.41, 5.74) is -0.0900. The molecule has 0 radical (unpaired) electrons. The van der Waals surface area contributed by atoms with Crippen molar-refractivity contribution >= 4 is 6.21 Å². The molecule has 0 aliphatic rings. The molecule has 0 spiro atoms. The Hall–Kier alpha value is -1.63. The van der Waals surface area contributed by atoms with Crippen molar-refractivity contribution in [3.05, 3.63) is 16.6 Å². The van der Waals surface area contributed by atoms with Gasteiger partial charge >= 0.3 is 0 Å². The van der Waals surface area contributed by atoms with E-state index in [1.165, 1.54) is 0 Å². The SMILES string of the molecule is [O-][n+]1onc(CO)c1/C=N/O. The van der Waals surface area contributed by atoms with Crippen LogP contribution >= 0.6 is 0 Å². The first-order valence-corrected chi connectivity index (χ1v) is 2.66. The molecule has 0 bridgehead atoms. The first kappa shape index (κ1) is 7.48. The van der Waals surface area contributed by atoms with E-state index in [1.807, 2.05) is 0 Å². The third kappa shape index (κ3) is 1.27. The molecule has 0 aromatic carbocycles. The smallest absolute Gasteiger partial charge is 0.252 e. The van der Waals surface area contributed by atoms with Gasteiger partial charge in [0, 0.05) is 5.16 Å². The molecule has 0 unspecified atom stereocenters. The molecule has 7 heteroatoms. The van der Waals surface area contributed by atoms with E-state index < -0.39 is 6.61 Å². The molecule has 1 aromatic heterocycles. The molecule has 0 atom stereocenters. The molecule has 0 fully saturated rings. The number of hydrogen-bond acceptors (Lipinski definition) is 6. The molecule has 1 rings (SSSR count). The summed E-state index contributed by atoms with van der Waals surface area (Å²) in [6.45, 7) is -0.444. The molecule has 7 nitrogen and oxygen atoms in total. The van der Waals surface area contributed by atoms with Gasteiger partial charge in [-0.05, 0) is 4.90 Å². The maximum absolute atomic E-state index is 10.6. The van der Waals surface area contributed by atoms with Gasteiger partial charge in [0.05, 0.1) is 0 Å². The zero-order valence-corrected chi connectivity index (χ0v) is 5.34. The monoisotopic (exact) mass is 159 g/mol. The van der Waals surface area contributed by atoms with Crippen LogP contribution in [0.5, 0.6) is 0 Å². The Morgan fingerprint density at radius 2 is 2.55 bits per heavy atom. The second-order valence-corrected chi connectivity index (χ2v) is 1.66. The van der Waals surface area contributed by atoms with E-state index >= 15 is 0 Å². The first-order valence-electron chi connectivity index (χ1n) is 2.66. The average molecular weight is 159 g/mol. The Labute approximate surface area is 60.7 Å². The first-order chi connectivity index (χ1) is 5.29. The minimum absolute atomic E-state index is 0.0257. The molecule has 2 N–H and O–H groups in total. The van der Waals surface area contributed by atoms with Gasteiger partial charge in [-0.1, -0.05) is 5.16 Å². The summed E-state index contributed by atoms with van der Waals surface area (Å²) in [5, 5.41) is 32.9. The van der Waals surface area contributed by atoms with Crippen LogP contribution in [0.3, 0.4) is 0 Å². The van der Waals surface area contributed by atoms with Crippen molar-refractivity contribution in [1.29, 1.82) is 0 Å². The van der Waals surface area contributed by atoms with E-state index in [2.05, 4.69) is 14.9 Å². The fraction of sp³-hybridized carbons (Fsp3) is 0.250. The molecule has 0 aliphatic heterocycles. The van der Waals surface area contributed by atoms with Crippen LogP contribution < -0.4 is 4.90 Å². The molecule has 0 amide bonds. The quantitative estimate of drug-likeness (QED) is 0.239. The van der Waals surface area contributed by atoms with E-state index in [-0.39, 0.29) is 16.3 Å². The largest absolute Gasteiger partial charge is 0.411 e. The Kier molecular flexibility index (Phi) is 2.02. The number of aliphatic hydroxyl groups excluding tert-OH is 1. The molecule has 11 heavy (non-hydrogen) atoms. The van der Waals surface area contributed by atoms with Gasteiger partial charge in [0.15, 0.2) is 0 Å². The summed E-state index contributed by atoms with van der Waals surface area (Å²) in [6.07, 6.45) is 0.828. The second-order valence-electron chi connectivity index (χ2n) is 1.66. The molecule has 0 saturated heterocycles. The van der Waals surface area contributed by atoms with Gasteiger partial charge < -0.3 is 15.5 Å². The van der Waals surface area contributed by atoms with Gasteiger partial charge in [-0.25, -0.2) is 0 Å². The predicted octanol–water partition coefficient (Wildman–Crippen LogP) is -1.39. The highest BCUT2D eigenvalue weighted by molar-refractivity contribution is 5.75. The number of rotatable bonds is 2. The molecule has 60 valence electrons. The van der Waals surface area contributed by atoms with Crippen LogP contribution in [0.4, 0.5) is 0 Å². The number of hydrogen-bond donors (Lipinski definition) is 2. The summed E-state index contributed by atoms with van der Waals surface area (Å²) in [5.74, 6) is 0. The van der Waals surface area contributed by atoms with Gasteiger partial charge in [-0.15, -0.1) is 0 Å². The van der Waals surface area contributed by atoms with Crippen LogP contribution in [0, 0.1) is 5.21 Å². The van der Waals surface area contributed by atoms with E-state index in [0.717, 1.165) is 6.21 Å². The Morgan fingerprint density at radius 3 is 3.09 bits per heavy atom. The van der Waals surface area contributed by atoms with Crippen LogP contribution in [0.2, 0.25) is 0 Å². The van der Waals surface area contributed by atoms with Gasteiger partial charge in [0.2, 0.25) is 5.69 Å². The Morgan fingerprint density at radius 1 is 1.82 bits per heavy atom. The van der Waals surface area contributed by atoms with Gasteiger partial charge in [0.1, 0.15) is 12.8 Å². The van der Waals surface area contributed by atoms with Crippen molar-refractivity contribution in [1.82, 2.24) is 5.16 Å². The number of oxime groups is 1. The highest BCUT2D eigenvalue weighted by Crippen LogP contribution is 1.95. The summed E-state index contributed by atoms with van der Waals surface area (Å²) < 4.78 is 4.09. The van der Waals surface area contributed by atoms with Crippen LogP contribution in [-0.2, 0) is 6.61 Å². The zero-order valence-electron chi connectivity index (χ0n) is 5.34. The maximum atomic E-state index is 10.6. The van der Waals surface area contributed by atoms with Crippen molar-refractivity contribution in [3.8, 4) is 0 Å². The molecule has 0 saturated carbocycles. The lowest BCUT2D eigenvalue weighted by Crippen LogP contribution is -2.28. The second kappa shape index (κ2) is 2.97. The van der Waals surface area contributed by atoms with Gasteiger partial charge in [-0.3, -0.25) is 4.63 Å². The molecular weight excluding hydrogens is 154 g/mol. The van der Waals surface area contributed by atoms with Crippen LogP contribution in [0.1, 0.15) is 11.4 Å². The van der Waals surface area contributed by atoms with E-state index in [9.17, 15) is 5.21 Å². The summed E-state index contributed by atoms with van der Waals surface area (Å²) >= 11 is 0.